The molecule has 1 saturated heterocycles. The van der Waals surface area contributed by atoms with Crippen molar-refractivity contribution < 1.29 is 0 Å². The quantitative estimate of drug-likeness (QED) is 0.833. The lowest BCUT2D eigenvalue weighted by Crippen LogP contribution is -2.36. The van der Waals surface area contributed by atoms with Crippen molar-refractivity contribution in [3.8, 4) is 0 Å². The van der Waals surface area contributed by atoms with E-state index >= 15 is 0 Å². The van der Waals surface area contributed by atoms with E-state index in [0.29, 0.717) is 4.99 Å². The maximum absolute atomic E-state index is 5.87. The number of anilines is 1. The fraction of sp³-hybridized carbons (Fsp3) is 0.571. The third kappa shape index (κ3) is 2.64. The van der Waals surface area contributed by atoms with Crippen LogP contribution in [0.4, 0.5) is 5.69 Å². The van der Waals surface area contributed by atoms with Crippen molar-refractivity contribution in [2.75, 3.05) is 18.0 Å². The molecule has 1 atom stereocenters. The lowest BCUT2D eigenvalue weighted by atomic mass is 9.98. The summed E-state index contributed by atoms with van der Waals surface area (Å²) in [6.07, 6.45) is 2.54. The molecule has 0 amide bonds. The standard InChI is InChI=1S/C14H21N3S/c1-9-5-4-6-17(8-9)12-7-10(2)16-11(3)13(12)14(15)18/h7,9H,4-6,8H2,1-3H3,(H2,15,18). The Labute approximate surface area is 114 Å². The topological polar surface area (TPSA) is 42.1 Å². The zero-order valence-corrected chi connectivity index (χ0v) is 12.2. The summed E-state index contributed by atoms with van der Waals surface area (Å²) in [6.45, 7) is 8.47. The van der Waals surface area contributed by atoms with Crippen molar-refractivity contribution in [1.29, 1.82) is 0 Å². The molecule has 0 saturated carbocycles. The molecule has 0 aliphatic carbocycles. The van der Waals surface area contributed by atoms with Gasteiger partial charge in [-0.25, -0.2) is 0 Å². The number of piperidine rings is 1. The average molecular weight is 263 g/mol. The molecule has 2 heterocycles. The zero-order valence-electron chi connectivity index (χ0n) is 11.4. The van der Waals surface area contributed by atoms with Gasteiger partial charge in [0.2, 0.25) is 0 Å². The highest BCUT2D eigenvalue weighted by atomic mass is 32.1. The molecule has 4 heteroatoms. The SMILES string of the molecule is Cc1cc(N2CCCC(C)C2)c(C(N)=S)c(C)n1. The number of aromatic nitrogens is 1. The maximum Gasteiger partial charge on any atom is 0.107 e. The van der Waals surface area contributed by atoms with E-state index in [1.807, 2.05) is 13.8 Å². The van der Waals surface area contributed by atoms with Gasteiger partial charge >= 0.3 is 0 Å². The van der Waals surface area contributed by atoms with Gasteiger partial charge < -0.3 is 10.6 Å². The predicted octanol–water partition coefficient (Wildman–Crippen LogP) is 2.57. The van der Waals surface area contributed by atoms with Gasteiger partial charge in [-0.1, -0.05) is 19.1 Å². The summed E-state index contributed by atoms with van der Waals surface area (Å²) in [5.41, 5.74) is 9.96. The van der Waals surface area contributed by atoms with E-state index in [0.717, 1.165) is 36.0 Å². The minimum Gasteiger partial charge on any atom is -0.389 e. The molecule has 1 unspecified atom stereocenters. The fourth-order valence-electron chi connectivity index (χ4n) is 2.77. The fourth-order valence-corrected chi connectivity index (χ4v) is 3.02. The minimum atomic E-state index is 0.452. The van der Waals surface area contributed by atoms with Crippen LogP contribution in [0.1, 0.15) is 36.7 Å². The molecular formula is C14H21N3S. The monoisotopic (exact) mass is 263 g/mol. The zero-order chi connectivity index (χ0) is 13.3. The largest absolute Gasteiger partial charge is 0.389 e. The number of nitrogens with zero attached hydrogens (tertiary/aromatic N) is 2. The van der Waals surface area contributed by atoms with Crippen LogP contribution in [0.15, 0.2) is 6.07 Å². The summed E-state index contributed by atoms with van der Waals surface area (Å²) >= 11 is 5.19. The van der Waals surface area contributed by atoms with Gasteiger partial charge in [-0.15, -0.1) is 0 Å². The van der Waals surface area contributed by atoms with E-state index in [1.54, 1.807) is 0 Å². The number of nitrogens with two attached hydrogens (primary N) is 1. The van der Waals surface area contributed by atoms with Crippen LogP contribution in [0.2, 0.25) is 0 Å². The van der Waals surface area contributed by atoms with Gasteiger partial charge in [-0.05, 0) is 38.7 Å². The summed E-state index contributed by atoms with van der Waals surface area (Å²) in [4.78, 5) is 7.33. The van der Waals surface area contributed by atoms with Gasteiger partial charge in [0.05, 0.1) is 11.3 Å². The molecule has 0 radical (unpaired) electrons. The van der Waals surface area contributed by atoms with Gasteiger partial charge in [0.1, 0.15) is 4.99 Å². The van der Waals surface area contributed by atoms with Crippen molar-refractivity contribution in [1.82, 2.24) is 4.98 Å². The Morgan fingerprint density at radius 3 is 2.83 bits per heavy atom. The van der Waals surface area contributed by atoms with E-state index in [2.05, 4.69) is 22.9 Å². The van der Waals surface area contributed by atoms with Gasteiger partial charge in [0.25, 0.3) is 0 Å². The lowest BCUT2D eigenvalue weighted by molar-refractivity contribution is 0.446. The summed E-state index contributed by atoms with van der Waals surface area (Å²) < 4.78 is 0. The van der Waals surface area contributed by atoms with E-state index in [9.17, 15) is 0 Å². The molecule has 1 aromatic rings. The van der Waals surface area contributed by atoms with Crippen LogP contribution < -0.4 is 10.6 Å². The molecule has 98 valence electrons. The average Bonchev–Trinajstić information content (AvgIpc) is 2.27. The first-order valence-electron chi connectivity index (χ1n) is 6.52. The van der Waals surface area contributed by atoms with E-state index < -0.39 is 0 Å². The maximum atomic E-state index is 5.87. The Bertz CT molecular complexity index is 470. The van der Waals surface area contributed by atoms with E-state index in [-0.39, 0.29) is 0 Å². The van der Waals surface area contributed by atoms with Gasteiger partial charge in [-0.2, -0.15) is 0 Å². The molecule has 1 aromatic heterocycles. The predicted molar refractivity (Wildman–Crippen MR) is 80.2 cm³/mol. The summed E-state index contributed by atoms with van der Waals surface area (Å²) in [5.74, 6) is 0.728. The first-order chi connectivity index (χ1) is 8.49. The van der Waals surface area contributed by atoms with Gasteiger partial charge in [-0.3, -0.25) is 4.98 Å². The van der Waals surface area contributed by atoms with Crippen LogP contribution in [-0.4, -0.2) is 23.1 Å². The number of hydrogen-bond acceptors (Lipinski definition) is 3. The number of rotatable bonds is 2. The first-order valence-corrected chi connectivity index (χ1v) is 6.93. The Kier molecular flexibility index (Phi) is 3.85. The first kappa shape index (κ1) is 13.3. The summed E-state index contributed by atoms with van der Waals surface area (Å²) in [5, 5.41) is 0. The highest BCUT2D eigenvalue weighted by molar-refractivity contribution is 7.80. The van der Waals surface area contributed by atoms with E-state index in [4.69, 9.17) is 18.0 Å². The highest BCUT2D eigenvalue weighted by Gasteiger charge is 2.21. The molecular weight excluding hydrogens is 242 g/mol. The molecule has 0 bridgehead atoms. The van der Waals surface area contributed by atoms with Gasteiger partial charge in [0.15, 0.2) is 0 Å². The van der Waals surface area contributed by atoms with Crippen LogP contribution in [-0.2, 0) is 0 Å². The Morgan fingerprint density at radius 1 is 1.50 bits per heavy atom. The van der Waals surface area contributed by atoms with Crippen molar-refractivity contribution >= 4 is 22.9 Å². The Morgan fingerprint density at radius 2 is 2.22 bits per heavy atom. The molecule has 0 aromatic carbocycles. The molecule has 1 fully saturated rings. The number of thiocarbonyl (C=S) groups is 1. The number of aryl methyl sites for hydroxylation is 2. The van der Waals surface area contributed by atoms with Crippen LogP contribution in [0.3, 0.4) is 0 Å². The molecule has 0 spiro atoms. The summed E-state index contributed by atoms with van der Waals surface area (Å²) in [7, 11) is 0. The van der Waals surface area contributed by atoms with Crippen LogP contribution in [0.25, 0.3) is 0 Å². The van der Waals surface area contributed by atoms with Crippen LogP contribution in [0, 0.1) is 19.8 Å². The summed E-state index contributed by atoms with van der Waals surface area (Å²) in [6, 6.07) is 2.11. The third-order valence-electron chi connectivity index (χ3n) is 3.55. The molecule has 3 nitrogen and oxygen atoms in total. The Hall–Kier alpha value is -1.16. The Balaban J connectivity index is 2.44. The highest BCUT2D eigenvalue weighted by Crippen LogP contribution is 2.28. The van der Waals surface area contributed by atoms with Crippen molar-refractivity contribution in [2.24, 2.45) is 11.7 Å². The van der Waals surface area contributed by atoms with Crippen molar-refractivity contribution in [3.63, 3.8) is 0 Å². The van der Waals surface area contributed by atoms with Crippen molar-refractivity contribution in [3.05, 3.63) is 23.0 Å². The second kappa shape index (κ2) is 5.22. The second-order valence-corrected chi connectivity index (χ2v) is 5.74. The number of pyridine rings is 1. The van der Waals surface area contributed by atoms with E-state index in [1.165, 1.54) is 18.5 Å². The molecule has 1 aliphatic heterocycles. The third-order valence-corrected chi connectivity index (χ3v) is 3.76. The van der Waals surface area contributed by atoms with Gasteiger partial charge in [0, 0.05) is 24.5 Å². The minimum absolute atomic E-state index is 0.452. The van der Waals surface area contributed by atoms with Crippen LogP contribution >= 0.6 is 12.2 Å². The van der Waals surface area contributed by atoms with Crippen molar-refractivity contribution in [2.45, 2.75) is 33.6 Å². The smallest absolute Gasteiger partial charge is 0.107 e. The second-order valence-electron chi connectivity index (χ2n) is 5.30. The molecule has 18 heavy (non-hydrogen) atoms. The molecule has 2 N–H and O–H groups in total. The number of hydrogen-bond donors (Lipinski definition) is 1. The van der Waals surface area contributed by atoms with Crippen LogP contribution in [0.5, 0.6) is 0 Å². The molecule has 2 rings (SSSR count). The normalized spacial score (nSPS) is 19.9. The molecule has 1 aliphatic rings. The lowest BCUT2D eigenvalue weighted by Gasteiger charge is -2.34.